The van der Waals surface area contributed by atoms with Crippen LogP contribution in [0.3, 0.4) is 0 Å². The highest BCUT2D eigenvalue weighted by molar-refractivity contribution is 5.99. The average Bonchev–Trinajstić information content (AvgIpc) is 3.28. The van der Waals surface area contributed by atoms with Crippen molar-refractivity contribution in [3.05, 3.63) is 53.6 Å². The highest BCUT2D eigenvalue weighted by atomic mass is 16.5. The van der Waals surface area contributed by atoms with Crippen molar-refractivity contribution in [2.45, 2.75) is 18.9 Å². The van der Waals surface area contributed by atoms with Crippen molar-refractivity contribution in [1.29, 1.82) is 0 Å². The molecular formula is C23H32N3O3+. The summed E-state index contributed by atoms with van der Waals surface area (Å²) in [5.41, 5.74) is 2.86. The van der Waals surface area contributed by atoms with Crippen LogP contribution in [-0.2, 0) is 0 Å². The molecule has 1 saturated heterocycles. The van der Waals surface area contributed by atoms with E-state index in [-0.39, 0.29) is 11.9 Å². The van der Waals surface area contributed by atoms with Gasteiger partial charge in [0.15, 0.2) is 0 Å². The van der Waals surface area contributed by atoms with Crippen LogP contribution in [-0.4, -0.2) is 53.9 Å². The minimum atomic E-state index is -0.173. The lowest BCUT2D eigenvalue weighted by molar-refractivity contribution is -0.918. The fraction of sp³-hybridized carbons (Fsp3) is 0.435. The van der Waals surface area contributed by atoms with Crippen LogP contribution in [0.15, 0.2) is 42.5 Å². The van der Waals surface area contributed by atoms with Crippen LogP contribution >= 0.6 is 0 Å². The van der Waals surface area contributed by atoms with Gasteiger partial charge in [0, 0.05) is 38.2 Å². The summed E-state index contributed by atoms with van der Waals surface area (Å²) in [5.74, 6) is 0.859. The number of hydrogen-bond donors (Lipinski definition) is 2. The molecule has 0 aromatic heterocycles. The fourth-order valence-electron chi connectivity index (χ4n) is 4.04. The van der Waals surface area contributed by atoms with Gasteiger partial charge in [-0.25, -0.2) is 0 Å². The van der Waals surface area contributed by atoms with Crippen molar-refractivity contribution in [1.82, 2.24) is 5.32 Å². The SMILES string of the molecule is COc1cccc(OC)c1C(=O)NC[C@H](c1ccc(N(C)C)cc1)[NH+]1CCCC1. The molecule has 3 rings (SSSR count). The lowest BCUT2D eigenvalue weighted by Crippen LogP contribution is -3.11. The molecule has 1 fully saturated rings. The Morgan fingerprint density at radius 2 is 1.62 bits per heavy atom. The minimum Gasteiger partial charge on any atom is -0.496 e. The number of nitrogens with zero attached hydrogens (tertiary/aromatic N) is 1. The largest absolute Gasteiger partial charge is 0.496 e. The van der Waals surface area contributed by atoms with Crippen LogP contribution in [0.4, 0.5) is 5.69 Å². The highest BCUT2D eigenvalue weighted by Gasteiger charge is 2.29. The Bertz CT molecular complexity index is 792. The van der Waals surface area contributed by atoms with Crippen molar-refractivity contribution in [2.75, 3.05) is 52.8 Å². The Morgan fingerprint density at radius 3 is 2.14 bits per heavy atom. The lowest BCUT2D eigenvalue weighted by atomic mass is 10.0. The molecule has 1 aliphatic rings. The zero-order valence-corrected chi connectivity index (χ0v) is 17.8. The molecule has 0 spiro atoms. The molecule has 6 nitrogen and oxygen atoms in total. The summed E-state index contributed by atoms with van der Waals surface area (Å²) in [6.45, 7) is 2.83. The molecule has 29 heavy (non-hydrogen) atoms. The summed E-state index contributed by atoms with van der Waals surface area (Å²) >= 11 is 0. The van der Waals surface area contributed by atoms with Crippen LogP contribution in [0.1, 0.15) is 34.8 Å². The first kappa shape index (κ1) is 21.0. The number of benzene rings is 2. The van der Waals surface area contributed by atoms with E-state index in [1.54, 1.807) is 26.4 Å². The number of anilines is 1. The lowest BCUT2D eigenvalue weighted by Gasteiger charge is -2.26. The molecule has 156 valence electrons. The number of methoxy groups -OCH3 is 2. The third kappa shape index (κ3) is 4.82. The molecule has 0 unspecified atom stereocenters. The summed E-state index contributed by atoms with van der Waals surface area (Å²) < 4.78 is 10.8. The number of ether oxygens (including phenoxy) is 2. The third-order valence-corrected chi connectivity index (χ3v) is 5.67. The molecule has 1 atom stereocenters. The average molecular weight is 399 g/mol. The third-order valence-electron chi connectivity index (χ3n) is 5.67. The standard InChI is InChI=1S/C23H31N3O3/c1-25(2)18-12-10-17(11-13-18)19(26-14-5-6-15-26)16-24-23(27)22-20(28-3)8-7-9-21(22)29-4/h7-13,19H,5-6,14-16H2,1-4H3,(H,24,27)/p+1/t19-/m1/s1. The zero-order chi connectivity index (χ0) is 20.8. The monoisotopic (exact) mass is 398 g/mol. The summed E-state index contributed by atoms with van der Waals surface area (Å²) in [6.07, 6.45) is 2.46. The van der Waals surface area contributed by atoms with E-state index >= 15 is 0 Å². The van der Waals surface area contributed by atoms with Gasteiger partial charge in [-0.15, -0.1) is 0 Å². The molecule has 2 aromatic carbocycles. The Balaban J connectivity index is 1.80. The minimum absolute atomic E-state index is 0.173. The number of hydrogen-bond acceptors (Lipinski definition) is 4. The van der Waals surface area contributed by atoms with E-state index in [4.69, 9.17) is 9.47 Å². The number of likely N-dealkylation sites (tertiary alicyclic amines) is 1. The van der Waals surface area contributed by atoms with Gasteiger partial charge in [0.2, 0.25) is 0 Å². The molecule has 1 amide bonds. The Kier molecular flexibility index (Phi) is 6.99. The van der Waals surface area contributed by atoms with Crippen LogP contribution in [0.2, 0.25) is 0 Å². The maximum Gasteiger partial charge on any atom is 0.259 e. The van der Waals surface area contributed by atoms with Gasteiger partial charge >= 0.3 is 0 Å². The van der Waals surface area contributed by atoms with Gasteiger partial charge in [0.05, 0.1) is 33.9 Å². The summed E-state index contributed by atoms with van der Waals surface area (Å²) in [7, 11) is 7.21. The van der Waals surface area contributed by atoms with Gasteiger partial charge in [-0.05, 0) is 24.3 Å². The maximum absolute atomic E-state index is 13.0. The van der Waals surface area contributed by atoms with E-state index < -0.39 is 0 Å². The number of amides is 1. The number of nitrogens with one attached hydrogen (secondary N) is 2. The van der Waals surface area contributed by atoms with Crippen LogP contribution in [0.5, 0.6) is 11.5 Å². The zero-order valence-electron chi connectivity index (χ0n) is 17.8. The smallest absolute Gasteiger partial charge is 0.259 e. The van der Waals surface area contributed by atoms with Crippen LogP contribution in [0, 0.1) is 0 Å². The molecule has 0 radical (unpaired) electrons. The Morgan fingerprint density at radius 1 is 1.03 bits per heavy atom. The number of rotatable bonds is 8. The van der Waals surface area contributed by atoms with Gasteiger partial charge in [-0.3, -0.25) is 4.79 Å². The second-order valence-electron chi connectivity index (χ2n) is 7.65. The molecule has 2 N–H and O–H groups in total. The molecular weight excluding hydrogens is 366 g/mol. The second kappa shape index (κ2) is 9.65. The van der Waals surface area contributed by atoms with E-state index in [1.165, 1.54) is 29.0 Å². The maximum atomic E-state index is 13.0. The van der Waals surface area contributed by atoms with E-state index in [0.717, 1.165) is 13.1 Å². The van der Waals surface area contributed by atoms with Crippen molar-refractivity contribution in [3.8, 4) is 11.5 Å². The van der Waals surface area contributed by atoms with Crippen LogP contribution in [0.25, 0.3) is 0 Å². The van der Waals surface area contributed by atoms with Gasteiger partial charge in [0.1, 0.15) is 23.1 Å². The number of carbonyl (C=O) groups is 1. The van der Waals surface area contributed by atoms with Crippen molar-refractivity contribution < 1.29 is 19.2 Å². The first-order valence-corrected chi connectivity index (χ1v) is 10.2. The van der Waals surface area contributed by atoms with Crippen molar-refractivity contribution in [3.63, 3.8) is 0 Å². The first-order valence-electron chi connectivity index (χ1n) is 10.2. The summed E-state index contributed by atoms with van der Waals surface area (Å²) in [5, 5.41) is 3.13. The molecule has 1 aliphatic heterocycles. The second-order valence-corrected chi connectivity index (χ2v) is 7.65. The predicted octanol–water partition coefficient (Wildman–Crippen LogP) is 1.92. The summed E-state index contributed by atoms with van der Waals surface area (Å²) in [6, 6.07) is 14.2. The van der Waals surface area contributed by atoms with Crippen molar-refractivity contribution in [2.24, 2.45) is 0 Å². The molecule has 2 aromatic rings. The quantitative estimate of drug-likeness (QED) is 0.713. The van der Waals surface area contributed by atoms with E-state index in [2.05, 4.69) is 34.5 Å². The molecule has 6 heteroatoms. The van der Waals surface area contributed by atoms with E-state index in [1.807, 2.05) is 20.2 Å². The topological polar surface area (TPSA) is 55.2 Å². The van der Waals surface area contributed by atoms with Crippen molar-refractivity contribution >= 4 is 11.6 Å². The number of carbonyl (C=O) groups excluding carboxylic acids is 1. The van der Waals surface area contributed by atoms with Gasteiger partial charge in [-0.2, -0.15) is 0 Å². The Hall–Kier alpha value is -2.73. The van der Waals surface area contributed by atoms with Gasteiger partial charge in [-0.1, -0.05) is 18.2 Å². The molecule has 1 heterocycles. The van der Waals surface area contributed by atoms with Gasteiger partial charge < -0.3 is 24.6 Å². The number of quaternary nitrogens is 1. The first-order chi connectivity index (χ1) is 14.0. The normalized spacial score (nSPS) is 15.0. The highest BCUT2D eigenvalue weighted by Crippen LogP contribution is 2.28. The van der Waals surface area contributed by atoms with Crippen LogP contribution < -0.4 is 24.6 Å². The molecule has 0 aliphatic carbocycles. The van der Waals surface area contributed by atoms with E-state index in [9.17, 15) is 4.79 Å². The molecule has 0 saturated carbocycles. The van der Waals surface area contributed by atoms with Gasteiger partial charge in [0.25, 0.3) is 5.91 Å². The Labute approximate surface area is 173 Å². The molecule has 0 bridgehead atoms. The predicted molar refractivity (Wildman–Crippen MR) is 115 cm³/mol. The van der Waals surface area contributed by atoms with E-state index in [0.29, 0.717) is 23.6 Å². The fourth-order valence-corrected chi connectivity index (χ4v) is 4.04. The summed E-state index contributed by atoms with van der Waals surface area (Å²) in [4.78, 5) is 16.6.